The zero-order chi connectivity index (χ0) is 26.6. The molecule has 5 rings (SSSR count). The molecule has 5 aromatic rings. The third-order valence-corrected chi connectivity index (χ3v) is 6.94. The van der Waals surface area contributed by atoms with Crippen LogP contribution in [0.25, 0.3) is 22.3 Å². The average molecular weight is 634 g/mol. The highest BCUT2D eigenvalue weighted by Crippen LogP contribution is 2.32. The van der Waals surface area contributed by atoms with Gasteiger partial charge in [-0.3, -0.25) is 14.9 Å². The predicted molar refractivity (Wildman–Crippen MR) is 154 cm³/mol. The average Bonchev–Trinajstić information content (AvgIpc) is 2.92. The SMILES string of the molecule is O=c1c2ccccc2nc(-c2ccccc2)n1N=Cc1cccc([N+](=O)[O-])c1OCc1ccc(Br)cc1Br. The van der Waals surface area contributed by atoms with Crippen LogP contribution in [0, 0.1) is 10.1 Å². The van der Waals surface area contributed by atoms with Gasteiger partial charge in [0.2, 0.25) is 5.75 Å². The molecule has 0 saturated carbocycles. The number of nitro benzene ring substituents is 1. The maximum atomic E-state index is 13.4. The van der Waals surface area contributed by atoms with Crippen LogP contribution in [-0.2, 0) is 6.61 Å². The molecule has 0 saturated heterocycles. The number of nitro groups is 1. The number of hydrogen-bond donors (Lipinski definition) is 0. The van der Waals surface area contributed by atoms with Crippen LogP contribution in [0.5, 0.6) is 5.75 Å². The van der Waals surface area contributed by atoms with Gasteiger partial charge in [-0.25, -0.2) is 4.98 Å². The number of halogens is 2. The molecule has 4 aromatic carbocycles. The minimum atomic E-state index is -0.511. The standard InChI is InChI=1S/C28H18Br2N4O4/c29-21-14-13-20(23(30)15-21)17-38-26-19(9-6-12-25(26)34(36)37)16-31-33-27(18-7-2-1-3-8-18)32-24-11-5-4-10-22(24)28(33)35/h1-16H,17H2. The first kappa shape index (κ1) is 25.5. The van der Waals surface area contributed by atoms with Gasteiger partial charge in [-0.2, -0.15) is 9.78 Å². The van der Waals surface area contributed by atoms with Gasteiger partial charge in [0.25, 0.3) is 5.56 Å². The van der Waals surface area contributed by atoms with E-state index in [1.165, 1.54) is 17.0 Å². The van der Waals surface area contributed by atoms with Gasteiger partial charge < -0.3 is 4.74 Å². The van der Waals surface area contributed by atoms with Crippen LogP contribution < -0.4 is 10.3 Å². The Morgan fingerprint density at radius 1 is 0.974 bits per heavy atom. The number of rotatable bonds is 7. The first-order valence-electron chi connectivity index (χ1n) is 11.4. The molecule has 8 nitrogen and oxygen atoms in total. The molecule has 0 fully saturated rings. The second-order valence-corrected chi connectivity index (χ2v) is 9.93. The normalized spacial score (nSPS) is 11.2. The third-order valence-electron chi connectivity index (χ3n) is 5.71. The summed E-state index contributed by atoms with van der Waals surface area (Å²) in [5.74, 6) is 0.386. The maximum Gasteiger partial charge on any atom is 0.311 e. The molecule has 0 unspecified atom stereocenters. The lowest BCUT2D eigenvalue weighted by Crippen LogP contribution is -2.20. The second kappa shape index (κ2) is 11.1. The molecule has 0 radical (unpaired) electrons. The van der Waals surface area contributed by atoms with Crippen molar-refractivity contribution in [1.82, 2.24) is 9.66 Å². The van der Waals surface area contributed by atoms with E-state index in [4.69, 9.17) is 4.74 Å². The molecule has 1 aromatic heterocycles. The van der Waals surface area contributed by atoms with E-state index < -0.39 is 4.92 Å². The van der Waals surface area contributed by atoms with Crippen LogP contribution in [0.2, 0.25) is 0 Å². The van der Waals surface area contributed by atoms with Crippen LogP contribution in [0.3, 0.4) is 0 Å². The van der Waals surface area contributed by atoms with Crippen LogP contribution in [-0.4, -0.2) is 20.8 Å². The van der Waals surface area contributed by atoms with E-state index in [2.05, 4.69) is 41.9 Å². The Balaban J connectivity index is 1.60. The zero-order valence-electron chi connectivity index (χ0n) is 19.6. The lowest BCUT2D eigenvalue weighted by molar-refractivity contribution is -0.386. The van der Waals surface area contributed by atoms with Gasteiger partial charge in [0.15, 0.2) is 5.82 Å². The smallest absolute Gasteiger partial charge is 0.311 e. The summed E-state index contributed by atoms with van der Waals surface area (Å²) in [5, 5.41) is 16.7. The van der Waals surface area contributed by atoms with Crippen molar-refractivity contribution in [2.75, 3.05) is 0 Å². The fraction of sp³-hybridized carbons (Fsp3) is 0.0357. The van der Waals surface area contributed by atoms with Crippen LogP contribution in [0.4, 0.5) is 5.69 Å². The lowest BCUT2D eigenvalue weighted by Gasteiger charge is -2.12. The number of aromatic nitrogens is 2. The molecule has 188 valence electrons. The highest BCUT2D eigenvalue weighted by Gasteiger charge is 2.20. The number of para-hydroxylation sites is 2. The van der Waals surface area contributed by atoms with Gasteiger partial charge in [0.1, 0.15) is 6.61 Å². The molecule has 0 atom stereocenters. The minimum absolute atomic E-state index is 0.0409. The van der Waals surface area contributed by atoms with Gasteiger partial charge in [-0.15, -0.1) is 0 Å². The van der Waals surface area contributed by atoms with E-state index in [1.54, 1.807) is 30.3 Å². The minimum Gasteiger partial charge on any atom is -0.481 e. The predicted octanol–water partition coefficient (Wildman–Crippen LogP) is 6.96. The highest BCUT2D eigenvalue weighted by atomic mass is 79.9. The van der Waals surface area contributed by atoms with Crippen molar-refractivity contribution in [3.05, 3.63) is 132 Å². The van der Waals surface area contributed by atoms with E-state index >= 15 is 0 Å². The number of nitrogens with zero attached hydrogens (tertiary/aromatic N) is 4. The van der Waals surface area contributed by atoms with Crippen LogP contribution in [0.1, 0.15) is 11.1 Å². The Morgan fingerprint density at radius 2 is 1.74 bits per heavy atom. The van der Waals surface area contributed by atoms with Gasteiger partial charge in [-0.1, -0.05) is 86.5 Å². The first-order chi connectivity index (χ1) is 18.4. The topological polar surface area (TPSA) is 99.6 Å². The van der Waals surface area contributed by atoms with E-state index in [-0.39, 0.29) is 23.6 Å². The molecule has 0 spiro atoms. The number of ether oxygens (including phenoxy) is 1. The molecule has 38 heavy (non-hydrogen) atoms. The van der Waals surface area contributed by atoms with Gasteiger partial charge in [0.05, 0.1) is 22.0 Å². The van der Waals surface area contributed by atoms with Crippen LogP contribution in [0.15, 0.2) is 110 Å². The number of fused-ring (bicyclic) bond motifs is 1. The molecule has 0 bridgehead atoms. The summed E-state index contributed by atoms with van der Waals surface area (Å²) in [5.41, 5.74) is 1.80. The molecule has 0 amide bonds. The van der Waals surface area contributed by atoms with Gasteiger partial charge in [-0.05, 0) is 30.3 Å². The summed E-state index contributed by atoms with van der Waals surface area (Å²) in [7, 11) is 0. The fourth-order valence-corrected chi connectivity index (χ4v) is 5.02. The molecule has 0 N–H and O–H groups in total. The van der Waals surface area contributed by atoms with Crippen molar-refractivity contribution in [3.63, 3.8) is 0 Å². The monoisotopic (exact) mass is 632 g/mol. The summed E-state index contributed by atoms with van der Waals surface area (Å²) < 4.78 is 8.84. The fourth-order valence-electron chi connectivity index (χ4n) is 3.86. The van der Waals surface area contributed by atoms with Gasteiger partial charge in [0, 0.05) is 31.7 Å². The largest absolute Gasteiger partial charge is 0.481 e. The molecular formula is C28H18Br2N4O4. The number of hydrogen-bond acceptors (Lipinski definition) is 6. The van der Waals surface area contributed by atoms with Crippen LogP contribution >= 0.6 is 31.9 Å². The van der Waals surface area contributed by atoms with E-state index in [9.17, 15) is 14.9 Å². The van der Waals surface area contributed by atoms with Crippen molar-refractivity contribution in [1.29, 1.82) is 0 Å². The Bertz CT molecular complexity index is 1750. The molecule has 0 aliphatic carbocycles. The Morgan fingerprint density at radius 3 is 2.50 bits per heavy atom. The van der Waals surface area contributed by atoms with Crippen molar-refractivity contribution in [2.45, 2.75) is 6.61 Å². The van der Waals surface area contributed by atoms with E-state index in [1.807, 2.05) is 54.6 Å². The summed E-state index contributed by atoms with van der Waals surface area (Å²) in [6, 6.07) is 26.4. The maximum absolute atomic E-state index is 13.4. The van der Waals surface area contributed by atoms with E-state index in [0.29, 0.717) is 27.9 Å². The molecular weight excluding hydrogens is 616 g/mol. The number of benzene rings is 4. The van der Waals surface area contributed by atoms with Crippen molar-refractivity contribution in [2.24, 2.45) is 5.10 Å². The Hall–Kier alpha value is -4.15. The third kappa shape index (κ3) is 5.27. The summed E-state index contributed by atoms with van der Waals surface area (Å²) >= 11 is 6.90. The van der Waals surface area contributed by atoms with Crippen molar-refractivity contribution >= 4 is 54.7 Å². The quantitative estimate of drug-likeness (QED) is 0.110. The summed E-state index contributed by atoms with van der Waals surface area (Å²) in [6.45, 7) is 0.0757. The summed E-state index contributed by atoms with van der Waals surface area (Å²) in [6.07, 6.45) is 1.38. The zero-order valence-corrected chi connectivity index (χ0v) is 22.8. The lowest BCUT2D eigenvalue weighted by atomic mass is 10.2. The molecule has 0 aliphatic heterocycles. The van der Waals surface area contributed by atoms with Crippen molar-refractivity contribution < 1.29 is 9.66 Å². The second-order valence-electron chi connectivity index (χ2n) is 8.16. The Labute approximate surface area is 233 Å². The van der Waals surface area contributed by atoms with E-state index in [0.717, 1.165) is 14.5 Å². The highest BCUT2D eigenvalue weighted by molar-refractivity contribution is 9.11. The summed E-state index contributed by atoms with van der Waals surface area (Å²) in [4.78, 5) is 29.4. The Kier molecular flexibility index (Phi) is 7.43. The molecule has 1 heterocycles. The first-order valence-corrected chi connectivity index (χ1v) is 13.0. The molecule has 10 heteroatoms. The van der Waals surface area contributed by atoms with Gasteiger partial charge >= 0.3 is 5.69 Å². The molecule has 0 aliphatic rings. The van der Waals surface area contributed by atoms with Crippen molar-refractivity contribution in [3.8, 4) is 17.1 Å².